The molecular weight excluding hydrogens is 208 g/mol. The number of halogens is 1. The van der Waals surface area contributed by atoms with Crippen molar-refractivity contribution in [3.8, 4) is 0 Å². The van der Waals surface area contributed by atoms with Gasteiger partial charge in [0.05, 0.1) is 16.2 Å². The van der Waals surface area contributed by atoms with E-state index in [1.54, 1.807) is 0 Å². The topological polar surface area (TPSA) is 24.9 Å². The van der Waals surface area contributed by atoms with Crippen LogP contribution in [0, 0.1) is 0 Å². The lowest BCUT2D eigenvalue weighted by Gasteiger charge is -2.05. The van der Waals surface area contributed by atoms with E-state index in [0.29, 0.717) is 0 Å². The van der Waals surface area contributed by atoms with E-state index in [9.17, 15) is 0 Å². The van der Waals surface area contributed by atoms with Crippen LogP contribution in [0.3, 0.4) is 0 Å². The Morgan fingerprint density at radius 2 is 2.13 bits per heavy atom. The molecule has 0 aliphatic rings. The van der Waals surface area contributed by atoms with Crippen molar-refractivity contribution >= 4 is 22.5 Å². The maximum absolute atomic E-state index is 6.17. The summed E-state index contributed by atoms with van der Waals surface area (Å²) in [6.45, 7) is 3.77. The molecule has 2 rings (SSSR count). The van der Waals surface area contributed by atoms with E-state index in [1.807, 2.05) is 30.3 Å². The Morgan fingerprint density at radius 3 is 2.93 bits per heavy atom. The van der Waals surface area contributed by atoms with Crippen LogP contribution in [0.4, 0.5) is 0 Å². The van der Waals surface area contributed by atoms with Crippen LogP contribution in [0.1, 0.15) is 12.6 Å². The highest BCUT2D eigenvalue weighted by atomic mass is 35.5. The van der Waals surface area contributed by atoms with Gasteiger partial charge in [-0.05, 0) is 18.7 Å². The lowest BCUT2D eigenvalue weighted by atomic mass is 10.2. The van der Waals surface area contributed by atoms with Gasteiger partial charge < -0.3 is 5.32 Å². The minimum Gasteiger partial charge on any atom is -0.311 e. The molecule has 0 radical (unpaired) electrons. The van der Waals surface area contributed by atoms with Gasteiger partial charge in [0.25, 0.3) is 0 Å². The van der Waals surface area contributed by atoms with Crippen LogP contribution in [0.25, 0.3) is 10.9 Å². The predicted molar refractivity (Wildman–Crippen MR) is 64.1 cm³/mol. The first-order chi connectivity index (χ1) is 7.31. The van der Waals surface area contributed by atoms with Crippen LogP contribution in [0.15, 0.2) is 30.3 Å². The van der Waals surface area contributed by atoms with Gasteiger partial charge in [0, 0.05) is 11.9 Å². The molecule has 1 aromatic carbocycles. The molecule has 0 spiro atoms. The second-order valence-corrected chi connectivity index (χ2v) is 3.80. The molecule has 0 atom stereocenters. The Labute approximate surface area is 94.3 Å². The summed E-state index contributed by atoms with van der Waals surface area (Å²) < 4.78 is 0. The van der Waals surface area contributed by atoms with Gasteiger partial charge in [-0.15, -0.1) is 0 Å². The Bertz CT molecular complexity index is 468. The maximum atomic E-state index is 6.17. The molecule has 15 heavy (non-hydrogen) atoms. The molecule has 78 valence electrons. The highest BCUT2D eigenvalue weighted by Crippen LogP contribution is 2.22. The Balaban J connectivity index is 2.43. The molecule has 3 heteroatoms. The van der Waals surface area contributed by atoms with Gasteiger partial charge in [-0.1, -0.05) is 36.7 Å². The van der Waals surface area contributed by atoms with Gasteiger partial charge in [0.2, 0.25) is 0 Å². The van der Waals surface area contributed by atoms with Gasteiger partial charge in [-0.3, -0.25) is 4.98 Å². The highest BCUT2D eigenvalue weighted by molar-refractivity contribution is 6.35. The minimum atomic E-state index is 0.765. The average Bonchev–Trinajstić information content (AvgIpc) is 2.26. The third-order valence-electron chi connectivity index (χ3n) is 2.27. The van der Waals surface area contributed by atoms with Crippen LogP contribution < -0.4 is 5.32 Å². The molecule has 0 fully saturated rings. The molecule has 0 bridgehead atoms. The van der Waals surface area contributed by atoms with E-state index in [4.69, 9.17) is 11.6 Å². The molecule has 0 aliphatic heterocycles. The van der Waals surface area contributed by atoms with Crippen LogP contribution >= 0.6 is 11.6 Å². The summed E-state index contributed by atoms with van der Waals surface area (Å²) >= 11 is 6.17. The Kier molecular flexibility index (Phi) is 3.19. The molecule has 1 N–H and O–H groups in total. The number of benzene rings is 1. The van der Waals surface area contributed by atoms with E-state index < -0.39 is 0 Å². The van der Waals surface area contributed by atoms with Gasteiger partial charge >= 0.3 is 0 Å². The first-order valence-electron chi connectivity index (χ1n) is 5.06. The third kappa shape index (κ3) is 2.28. The summed E-state index contributed by atoms with van der Waals surface area (Å²) in [5.41, 5.74) is 1.94. The fourth-order valence-electron chi connectivity index (χ4n) is 1.53. The molecule has 1 aromatic heterocycles. The van der Waals surface area contributed by atoms with Crippen LogP contribution in [0.5, 0.6) is 0 Å². The number of rotatable bonds is 3. The highest BCUT2D eigenvalue weighted by Gasteiger charge is 2.02. The average molecular weight is 221 g/mol. The first kappa shape index (κ1) is 10.4. The zero-order chi connectivity index (χ0) is 10.7. The smallest absolute Gasteiger partial charge is 0.0720 e. The number of fused-ring (bicyclic) bond motifs is 1. The number of hydrogen-bond acceptors (Lipinski definition) is 2. The molecule has 0 unspecified atom stereocenters. The van der Waals surface area contributed by atoms with Gasteiger partial charge in [-0.25, -0.2) is 0 Å². The SMILES string of the molecule is CCNCc1cc(Cl)c2ccccc2n1. The zero-order valence-corrected chi connectivity index (χ0v) is 9.38. The van der Waals surface area contributed by atoms with Crippen LogP contribution in [-0.2, 0) is 6.54 Å². The van der Waals surface area contributed by atoms with E-state index in [1.165, 1.54) is 0 Å². The molecule has 1 heterocycles. The minimum absolute atomic E-state index is 0.765. The van der Waals surface area contributed by atoms with E-state index in [-0.39, 0.29) is 0 Å². The fourth-order valence-corrected chi connectivity index (χ4v) is 1.81. The Morgan fingerprint density at radius 1 is 1.33 bits per heavy atom. The standard InChI is InChI=1S/C12H13ClN2/c1-2-14-8-9-7-11(13)10-5-3-4-6-12(10)15-9/h3-7,14H,2,8H2,1H3. The van der Waals surface area contributed by atoms with Gasteiger partial charge in [0.1, 0.15) is 0 Å². The van der Waals surface area contributed by atoms with Gasteiger partial charge in [-0.2, -0.15) is 0 Å². The van der Waals surface area contributed by atoms with Crippen molar-refractivity contribution in [2.75, 3.05) is 6.54 Å². The molecule has 0 amide bonds. The fraction of sp³-hybridized carbons (Fsp3) is 0.250. The number of pyridine rings is 1. The monoisotopic (exact) mass is 220 g/mol. The summed E-state index contributed by atoms with van der Waals surface area (Å²) in [6.07, 6.45) is 0. The summed E-state index contributed by atoms with van der Waals surface area (Å²) in [5, 5.41) is 5.02. The molecule has 2 aromatic rings. The molecule has 0 aliphatic carbocycles. The van der Waals surface area contributed by atoms with E-state index in [2.05, 4.69) is 17.2 Å². The number of aromatic nitrogens is 1. The van der Waals surface area contributed by atoms with Gasteiger partial charge in [0.15, 0.2) is 0 Å². The normalized spacial score (nSPS) is 10.8. The van der Waals surface area contributed by atoms with Crippen molar-refractivity contribution in [1.29, 1.82) is 0 Å². The lowest BCUT2D eigenvalue weighted by molar-refractivity contribution is 0.713. The van der Waals surface area contributed by atoms with Crippen molar-refractivity contribution in [2.24, 2.45) is 0 Å². The summed E-state index contributed by atoms with van der Waals surface area (Å²) in [7, 11) is 0. The van der Waals surface area contributed by atoms with Crippen molar-refractivity contribution in [3.05, 3.63) is 41.0 Å². The molecule has 2 nitrogen and oxygen atoms in total. The van der Waals surface area contributed by atoms with E-state index in [0.717, 1.165) is 34.7 Å². The predicted octanol–water partition coefficient (Wildman–Crippen LogP) is 3.00. The Hall–Kier alpha value is -1.12. The number of nitrogens with one attached hydrogen (secondary N) is 1. The lowest BCUT2D eigenvalue weighted by Crippen LogP contribution is -2.12. The quantitative estimate of drug-likeness (QED) is 0.860. The van der Waals surface area contributed by atoms with Crippen molar-refractivity contribution in [3.63, 3.8) is 0 Å². The largest absolute Gasteiger partial charge is 0.311 e. The number of hydrogen-bond donors (Lipinski definition) is 1. The first-order valence-corrected chi connectivity index (χ1v) is 5.44. The second kappa shape index (κ2) is 4.60. The number of nitrogens with zero attached hydrogens (tertiary/aromatic N) is 1. The molecule has 0 saturated heterocycles. The summed E-state index contributed by atoms with van der Waals surface area (Å²) in [4.78, 5) is 4.53. The van der Waals surface area contributed by atoms with Crippen LogP contribution in [-0.4, -0.2) is 11.5 Å². The summed E-state index contributed by atoms with van der Waals surface area (Å²) in [5.74, 6) is 0. The van der Waals surface area contributed by atoms with Crippen molar-refractivity contribution in [1.82, 2.24) is 10.3 Å². The zero-order valence-electron chi connectivity index (χ0n) is 8.63. The molecular formula is C12H13ClN2. The maximum Gasteiger partial charge on any atom is 0.0720 e. The molecule has 0 saturated carbocycles. The van der Waals surface area contributed by atoms with E-state index >= 15 is 0 Å². The summed E-state index contributed by atoms with van der Waals surface area (Å²) in [6, 6.07) is 9.84. The van der Waals surface area contributed by atoms with Crippen LogP contribution in [0.2, 0.25) is 5.02 Å². The second-order valence-electron chi connectivity index (χ2n) is 3.39. The van der Waals surface area contributed by atoms with Crippen molar-refractivity contribution in [2.45, 2.75) is 13.5 Å². The number of para-hydroxylation sites is 1. The van der Waals surface area contributed by atoms with Crippen molar-refractivity contribution < 1.29 is 0 Å². The third-order valence-corrected chi connectivity index (χ3v) is 2.59.